The third-order valence-corrected chi connectivity index (χ3v) is 5.59. The monoisotopic (exact) mass is 339 g/mol. The number of rotatable bonds is 5. The summed E-state index contributed by atoms with van der Waals surface area (Å²) < 4.78 is 28.3. The summed E-state index contributed by atoms with van der Waals surface area (Å²) in [5.41, 5.74) is -0.295. The fraction of sp³-hybridized carbons (Fsp3) is 0.778. The van der Waals surface area contributed by atoms with Crippen LogP contribution in [-0.4, -0.2) is 40.1 Å². The number of aromatic nitrogens is 2. The van der Waals surface area contributed by atoms with Gasteiger partial charge in [0, 0.05) is 19.3 Å². The Bertz CT molecular complexity index is 599. The normalized spacial score (nSPS) is 22.2. The summed E-state index contributed by atoms with van der Waals surface area (Å²) in [4.78, 5) is 14.1. The van der Waals surface area contributed by atoms with Gasteiger partial charge in [0.2, 0.25) is 5.91 Å². The van der Waals surface area contributed by atoms with Gasteiger partial charge in [0.05, 0.1) is 11.7 Å². The summed E-state index contributed by atoms with van der Waals surface area (Å²) in [5, 5.41) is 4.52. The molecule has 1 saturated carbocycles. The van der Waals surface area contributed by atoms with E-state index in [0.29, 0.717) is 31.8 Å². The zero-order valence-electron chi connectivity index (χ0n) is 14.8. The zero-order valence-corrected chi connectivity index (χ0v) is 14.8. The Balaban J connectivity index is 1.63. The van der Waals surface area contributed by atoms with Crippen molar-refractivity contribution in [3.8, 4) is 0 Å². The van der Waals surface area contributed by atoms with E-state index in [0.717, 1.165) is 19.3 Å². The maximum atomic E-state index is 13.1. The molecule has 1 aliphatic heterocycles. The lowest BCUT2D eigenvalue weighted by Crippen LogP contribution is -2.49. The molecule has 0 bridgehead atoms. The number of halogens is 2. The van der Waals surface area contributed by atoms with Crippen LogP contribution in [0.15, 0.2) is 12.4 Å². The van der Waals surface area contributed by atoms with Crippen molar-refractivity contribution in [2.45, 2.75) is 64.8 Å². The van der Waals surface area contributed by atoms with Crippen LogP contribution in [0.4, 0.5) is 8.78 Å². The molecule has 2 heterocycles. The summed E-state index contributed by atoms with van der Waals surface area (Å²) in [6.07, 6.45) is 4.63. The van der Waals surface area contributed by atoms with E-state index in [1.54, 1.807) is 4.90 Å². The first-order valence-corrected chi connectivity index (χ1v) is 8.88. The lowest BCUT2D eigenvalue weighted by molar-refractivity contribution is -0.145. The van der Waals surface area contributed by atoms with Gasteiger partial charge in [-0.05, 0) is 50.5 Å². The van der Waals surface area contributed by atoms with Crippen LogP contribution in [0.1, 0.15) is 52.0 Å². The second kappa shape index (κ2) is 6.12. The number of nitrogens with zero attached hydrogens (tertiary/aromatic N) is 3. The average molecular weight is 339 g/mol. The molecule has 0 aromatic carbocycles. The molecule has 1 aromatic heterocycles. The second-order valence-electron chi connectivity index (χ2n) is 8.14. The van der Waals surface area contributed by atoms with E-state index in [2.05, 4.69) is 32.1 Å². The largest absolute Gasteiger partial charge is 0.342 e. The highest BCUT2D eigenvalue weighted by Crippen LogP contribution is 2.52. The Morgan fingerprint density at radius 3 is 2.38 bits per heavy atom. The van der Waals surface area contributed by atoms with Gasteiger partial charge in [-0.25, -0.2) is 8.78 Å². The Kier molecular flexibility index (Phi) is 4.43. The third kappa shape index (κ3) is 3.07. The van der Waals surface area contributed by atoms with Crippen LogP contribution >= 0.6 is 0 Å². The molecule has 0 atom stereocenters. The molecule has 1 aromatic rings. The van der Waals surface area contributed by atoms with Crippen molar-refractivity contribution in [1.82, 2.24) is 14.7 Å². The quantitative estimate of drug-likeness (QED) is 0.824. The summed E-state index contributed by atoms with van der Waals surface area (Å²) >= 11 is 0. The van der Waals surface area contributed by atoms with E-state index in [9.17, 15) is 13.6 Å². The maximum absolute atomic E-state index is 13.1. The molecule has 1 amide bonds. The number of carbonyl (C=O) groups is 1. The molecule has 3 rings (SSSR count). The molecule has 4 nitrogen and oxygen atoms in total. The summed E-state index contributed by atoms with van der Waals surface area (Å²) in [6, 6.07) is 0. The molecule has 0 spiro atoms. The average Bonchev–Trinajstić information content (AvgIpc) is 3.21. The van der Waals surface area contributed by atoms with Gasteiger partial charge in [-0.1, -0.05) is 13.8 Å². The van der Waals surface area contributed by atoms with Crippen LogP contribution < -0.4 is 0 Å². The van der Waals surface area contributed by atoms with E-state index in [4.69, 9.17) is 0 Å². The number of alkyl halides is 2. The van der Waals surface area contributed by atoms with Gasteiger partial charge < -0.3 is 4.90 Å². The zero-order chi connectivity index (χ0) is 17.5. The Morgan fingerprint density at radius 2 is 1.88 bits per heavy atom. The molecule has 2 aliphatic rings. The van der Waals surface area contributed by atoms with Crippen LogP contribution in [0, 0.1) is 11.3 Å². The minimum atomic E-state index is -2.54. The summed E-state index contributed by atoms with van der Waals surface area (Å²) in [5.74, 6) is 0.236. The SMILES string of the molecule is CC(C)Cc1cnn(C2(C)CCN(C(=O)C3(C(F)F)CC3)CC2)c1. The molecule has 0 unspecified atom stereocenters. The first-order chi connectivity index (χ1) is 11.3. The predicted octanol–water partition coefficient (Wildman–Crippen LogP) is 3.46. The van der Waals surface area contributed by atoms with Crippen molar-refractivity contribution in [3.05, 3.63) is 18.0 Å². The topological polar surface area (TPSA) is 38.1 Å². The van der Waals surface area contributed by atoms with Gasteiger partial charge >= 0.3 is 0 Å². The highest BCUT2D eigenvalue weighted by atomic mass is 19.3. The van der Waals surface area contributed by atoms with Gasteiger partial charge in [0.25, 0.3) is 6.43 Å². The Morgan fingerprint density at radius 1 is 1.25 bits per heavy atom. The molecular weight excluding hydrogens is 312 g/mol. The Hall–Kier alpha value is -1.46. The van der Waals surface area contributed by atoms with E-state index in [-0.39, 0.29) is 11.4 Å². The van der Waals surface area contributed by atoms with Crippen LogP contribution in [0.5, 0.6) is 0 Å². The van der Waals surface area contributed by atoms with Crippen molar-refractivity contribution in [2.24, 2.45) is 11.3 Å². The molecule has 24 heavy (non-hydrogen) atoms. The first-order valence-electron chi connectivity index (χ1n) is 8.88. The third-order valence-electron chi connectivity index (χ3n) is 5.59. The van der Waals surface area contributed by atoms with E-state index in [1.807, 2.05) is 10.9 Å². The smallest absolute Gasteiger partial charge is 0.252 e. The van der Waals surface area contributed by atoms with Crippen molar-refractivity contribution in [3.63, 3.8) is 0 Å². The number of amides is 1. The standard InChI is InChI=1S/C18H27F2N3O/c1-13(2)10-14-11-21-23(12-14)17(3)6-8-22(9-7-17)16(24)18(4-5-18)15(19)20/h11-13,15H,4-10H2,1-3H3. The number of hydrogen-bond acceptors (Lipinski definition) is 2. The Labute approximate surface area is 142 Å². The number of piperidine rings is 1. The van der Waals surface area contributed by atoms with Gasteiger partial charge in [-0.2, -0.15) is 5.10 Å². The second-order valence-corrected chi connectivity index (χ2v) is 8.14. The lowest BCUT2D eigenvalue weighted by Gasteiger charge is -2.40. The van der Waals surface area contributed by atoms with Gasteiger partial charge in [0.15, 0.2) is 0 Å². The first kappa shape index (κ1) is 17.4. The van der Waals surface area contributed by atoms with Crippen molar-refractivity contribution >= 4 is 5.91 Å². The fourth-order valence-corrected chi connectivity index (χ4v) is 3.63. The van der Waals surface area contributed by atoms with Crippen LogP contribution in [0.3, 0.4) is 0 Å². The molecule has 6 heteroatoms. The van der Waals surface area contributed by atoms with Crippen LogP contribution in [-0.2, 0) is 16.8 Å². The van der Waals surface area contributed by atoms with Crippen LogP contribution in [0.25, 0.3) is 0 Å². The highest BCUT2D eigenvalue weighted by Gasteiger charge is 2.59. The van der Waals surface area contributed by atoms with Crippen LogP contribution in [0.2, 0.25) is 0 Å². The van der Waals surface area contributed by atoms with Crippen molar-refractivity contribution < 1.29 is 13.6 Å². The van der Waals surface area contributed by atoms with E-state index in [1.165, 1.54) is 5.56 Å². The van der Waals surface area contributed by atoms with Gasteiger partial charge in [0.1, 0.15) is 5.41 Å². The van der Waals surface area contributed by atoms with Gasteiger partial charge in [-0.15, -0.1) is 0 Å². The number of likely N-dealkylation sites (tertiary alicyclic amines) is 1. The molecule has 0 radical (unpaired) electrons. The molecule has 1 aliphatic carbocycles. The summed E-state index contributed by atoms with van der Waals surface area (Å²) in [6.45, 7) is 7.56. The van der Waals surface area contributed by atoms with Crippen molar-refractivity contribution in [2.75, 3.05) is 13.1 Å². The molecule has 134 valence electrons. The molecule has 0 N–H and O–H groups in total. The predicted molar refractivity (Wildman–Crippen MR) is 87.9 cm³/mol. The number of carbonyl (C=O) groups excluding carboxylic acids is 1. The lowest BCUT2D eigenvalue weighted by atomic mass is 9.89. The minimum absolute atomic E-state index is 0.145. The molecule has 1 saturated heterocycles. The van der Waals surface area contributed by atoms with Crippen molar-refractivity contribution in [1.29, 1.82) is 0 Å². The maximum Gasteiger partial charge on any atom is 0.252 e. The molecule has 2 fully saturated rings. The molecular formula is C18H27F2N3O. The van der Waals surface area contributed by atoms with Gasteiger partial charge in [-0.3, -0.25) is 9.48 Å². The number of hydrogen-bond donors (Lipinski definition) is 0. The van der Waals surface area contributed by atoms with E-state index < -0.39 is 11.8 Å². The minimum Gasteiger partial charge on any atom is -0.342 e. The van der Waals surface area contributed by atoms with E-state index >= 15 is 0 Å². The highest BCUT2D eigenvalue weighted by molar-refractivity contribution is 5.86. The summed E-state index contributed by atoms with van der Waals surface area (Å²) in [7, 11) is 0. The fourth-order valence-electron chi connectivity index (χ4n) is 3.63.